The van der Waals surface area contributed by atoms with E-state index < -0.39 is 0 Å². The molecule has 4 heteroatoms. The van der Waals surface area contributed by atoms with Crippen molar-refractivity contribution in [3.63, 3.8) is 0 Å². The minimum absolute atomic E-state index is 0.0319. The minimum Gasteiger partial charge on any atom is -0.352 e. The molecule has 1 aliphatic carbocycles. The lowest BCUT2D eigenvalue weighted by Crippen LogP contribution is -2.35. The van der Waals surface area contributed by atoms with Crippen molar-refractivity contribution >= 4 is 27.5 Å². The highest BCUT2D eigenvalue weighted by Gasteiger charge is 2.31. The van der Waals surface area contributed by atoms with Crippen molar-refractivity contribution < 1.29 is 4.79 Å². The van der Waals surface area contributed by atoms with Gasteiger partial charge in [0.25, 0.3) is 0 Å². The molecule has 108 valence electrons. The molecule has 2 atom stereocenters. The molecule has 1 aromatic heterocycles. The molecule has 0 radical (unpaired) electrons. The molecule has 1 aromatic carbocycles. The molecule has 1 N–H and O–H groups in total. The van der Waals surface area contributed by atoms with Crippen LogP contribution in [-0.4, -0.2) is 17.4 Å². The van der Waals surface area contributed by atoms with E-state index in [1.807, 2.05) is 18.2 Å². The highest BCUT2D eigenvalue weighted by Crippen LogP contribution is 2.38. The fourth-order valence-electron chi connectivity index (χ4n) is 2.73. The van der Waals surface area contributed by atoms with Gasteiger partial charge < -0.3 is 5.32 Å². The molecular weight excluding hydrogens is 280 g/mol. The Morgan fingerprint density at radius 1 is 1.38 bits per heavy atom. The van der Waals surface area contributed by atoms with E-state index in [9.17, 15) is 4.79 Å². The lowest BCUT2D eigenvalue weighted by Gasteiger charge is -2.25. The van der Waals surface area contributed by atoms with E-state index in [1.165, 1.54) is 4.70 Å². The first-order valence-corrected chi connectivity index (χ1v) is 8.00. The van der Waals surface area contributed by atoms with Crippen LogP contribution in [0.3, 0.4) is 0 Å². The number of hydrogen-bond donors (Lipinski definition) is 1. The van der Waals surface area contributed by atoms with Crippen molar-refractivity contribution in [1.82, 2.24) is 10.3 Å². The molecule has 0 fully saturated rings. The third-order valence-corrected chi connectivity index (χ3v) is 4.99. The van der Waals surface area contributed by atoms with Gasteiger partial charge in [0.05, 0.1) is 21.1 Å². The number of rotatable bonds is 4. The van der Waals surface area contributed by atoms with Gasteiger partial charge in [-0.25, -0.2) is 4.98 Å². The summed E-state index contributed by atoms with van der Waals surface area (Å²) in [6.07, 6.45) is 7.63. The number of thiazole rings is 1. The van der Waals surface area contributed by atoms with Gasteiger partial charge in [0, 0.05) is 12.5 Å². The zero-order valence-electron chi connectivity index (χ0n) is 11.8. The molecule has 0 spiro atoms. The van der Waals surface area contributed by atoms with Gasteiger partial charge in [-0.2, -0.15) is 0 Å². The SMILES string of the molecule is C=CCNC(=O)[C@H]1CC=CC[C@@H]1c1nc2ccccc2s1. The second-order valence-corrected chi connectivity index (χ2v) is 6.27. The zero-order chi connectivity index (χ0) is 14.7. The van der Waals surface area contributed by atoms with E-state index >= 15 is 0 Å². The normalized spacial score (nSPS) is 21.3. The van der Waals surface area contributed by atoms with Crippen molar-refractivity contribution in [2.45, 2.75) is 18.8 Å². The van der Waals surface area contributed by atoms with Gasteiger partial charge in [-0.15, -0.1) is 17.9 Å². The second-order valence-electron chi connectivity index (χ2n) is 5.21. The highest BCUT2D eigenvalue weighted by molar-refractivity contribution is 7.18. The number of aromatic nitrogens is 1. The molecule has 0 unspecified atom stereocenters. The number of allylic oxidation sites excluding steroid dienone is 2. The van der Waals surface area contributed by atoms with Crippen LogP contribution >= 0.6 is 11.3 Å². The average molecular weight is 298 g/mol. The van der Waals surface area contributed by atoms with Crippen LogP contribution in [0.15, 0.2) is 49.1 Å². The predicted octanol–water partition coefficient (Wildman–Crippen LogP) is 3.65. The van der Waals surface area contributed by atoms with Crippen molar-refractivity contribution in [3.05, 3.63) is 54.1 Å². The molecule has 0 aliphatic heterocycles. The summed E-state index contributed by atoms with van der Waals surface area (Å²) in [5.41, 5.74) is 1.03. The number of hydrogen-bond acceptors (Lipinski definition) is 3. The maximum absolute atomic E-state index is 12.3. The number of nitrogens with zero attached hydrogens (tertiary/aromatic N) is 1. The first-order chi connectivity index (χ1) is 10.3. The summed E-state index contributed by atoms with van der Waals surface area (Å²) in [4.78, 5) is 17.1. The van der Waals surface area contributed by atoms with Gasteiger partial charge in [-0.3, -0.25) is 4.79 Å². The van der Waals surface area contributed by atoms with E-state index in [4.69, 9.17) is 4.98 Å². The van der Waals surface area contributed by atoms with Crippen molar-refractivity contribution in [2.24, 2.45) is 5.92 Å². The van der Waals surface area contributed by atoms with Gasteiger partial charge in [0.1, 0.15) is 0 Å². The molecule has 0 saturated heterocycles. The van der Waals surface area contributed by atoms with Crippen LogP contribution in [0.4, 0.5) is 0 Å². The van der Waals surface area contributed by atoms with Crippen LogP contribution in [-0.2, 0) is 4.79 Å². The zero-order valence-corrected chi connectivity index (χ0v) is 12.6. The number of nitrogens with one attached hydrogen (secondary N) is 1. The van der Waals surface area contributed by atoms with Crippen molar-refractivity contribution in [2.75, 3.05) is 6.54 Å². The minimum atomic E-state index is -0.0319. The quantitative estimate of drug-likeness (QED) is 0.875. The summed E-state index contributed by atoms with van der Waals surface area (Å²) in [6.45, 7) is 4.16. The Morgan fingerprint density at radius 2 is 2.19 bits per heavy atom. The first-order valence-electron chi connectivity index (χ1n) is 7.18. The fraction of sp³-hybridized carbons (Fsp3) is 0.294. The van der Waals surface area contributed by atoms with Crippen LogP contribution in [0.25, 0.3) is 10.2 Å². The number of carbonyl (C=O) groups excluding carboxylic acids is 1. The molecular formula is C17H18N2OS. The van der Waals surface area contributed by atoms with Crippen LogP contribution < -0.4 is 5.32 Å². The van der Waals surface area contributed by atoms with Crippen LogP contribution in [0, 0.1) is 5.92 Å². The monoisotopic (exact) mass is 298 g/mol. The first kappa shape index (κ1) is 14.0. The Hall–Kier alpha value is -1.94. The second kappa shape index (κ2) is 6.22. The predicted molar refractivity (Wildman–Crippen MR) is 87.4 cm³/mol. The Bertz CT molecular complexity index is 656. The molecule has 0 saturated carbocycles. The molecule has 1 heterocycles. The van der Waals surface area contributed by atoms with Crippen LogP contribution in [0.2, 0.25) is 0 Å². The van der Waals surface area contributed by atoms with Crippen LogP contribution in [0.1, 0.15) is 23.8 Å². The maximum Gasteiger partial charge on any atom is 0.224 e. The summed E-state index contributed by atoms with van der Waals surface area (Å²) in [5, 5.41) is 3.99. The lowest BCUT2D eigenvalue weighted by molar-refractivity contribution is -0.125. The van der Waals surface area contributed by atoms with Gasteiger partial charge in [0.2, 0.25) is 5.91 Å². The summed E-state index contributed by atoms with van der Waals surface area (Å²) < 4.78 is 1.19. The molecule has 0 bridgehead atoms. The Balaban J connectivity index is 1.88. The third kappa shape index (κ3) is 2.90. The molecule has 1 aliphatic rings. The molecule has 2 aromatic rings. The number of amides is 1. The largest absolute Gasteiger partial charge is 0.352 e. The third-order valence-electron chi connectivity index (χ3n) is 3.82. The van der Waals surface area contributed by atoms with E-state index in [-0.39, 0.29) is 17.7 Å². The van der Waals surface area contributed by atoms with E-state index in [2.05, 4.69) is 30.1 Å². The smallest absolute Gasteiger partial charge is 0.224 e. The standard InChI is InChI=1S/C17H18N2OS/c1-2-11-18-16(20)12-7-3-4-8-13(12)17-19-14-9-5-6-10-15(14)21-17/h2-6,9-10,12-13H,1,7-8,11H2,(H,18,20)/t12-,13-/m0/s1. The molecule has 3 nitrogen and oxygen atoms in total. The van der Waals surface area contributed by atoms with Gasteiger partial charge in [-0.05, 0) is 25.0 Å². The van der Waals surface area contributed by atoms with Crippen molar-refractivity contribution in [3.8, 4) is 0 Å². The number of benzene rings is 1. The topological polar surface area (TPSA) is 42.0 Å². The van der Waals surface area contributed by atoms with Crippen molar-refractivity contribution in [1.29, 1.82) is 0 Å². The molecule has 1 amide bonds. The summed E-state index contributed by atoms with van der Waals surface area (Å²) in [6, 6.07) is 8.14. The van der Waals surface area contributed by atoms with Gasteiger partial charge in [-0.1, -0.05) is 30.4 Å². The Kier molecular flexibility index (Phi) is 4.15. The Labute approximate surface area is 128 Å². The van der Waals surface area contributed by atoms with E-state index in [0.717, 1.165) is 23.4 Å². The van der Waals surface area contributed by atoms with Gasteiger partial charge in [0.15, 0.2) is 0 Å². The fourth-order valence-corrected chi connectivity index (χ4v) is 3.88. The lowest BCUT2D eigenvalue weighted by atomic mass is 9.82. The maximum atomic E-state index is 12.3. The van der Waals surface area contributed by atoms with Gasteiger partial charge >= 0.3 is 0 Å². The van der Waals surface area contributed by atoms with Crippen LogP contribution in [0.5, 0.6) is 0 Å². The highest BCUT2D eigenvalue weighted by atomic mass is 32.1. The Morgan fingerprint density at radius 3 is 3.00 bits per heavy atom. The summed E-state index contributed by atoms with van der Waals surface area (Å²) in [7, 11) is 0. The summed E-state index contributed by atoms with van der Waals surface area (Å²) in [5.74, 6) is 0.247. The molecule has 21 heavy (non-hydrogen) atoms. The van der Waals surface area contributed by atoms with E-state index in [0.29, 0.717) is 6.54 Å². The average Bonchev–Trinajstić information content (AvgIpc) is 2.96. The number of para-hydroxylation sites is 1. The number of fused-ring (bicyclic) bond motifs is 1. The summed E-state index contributed by atoms with van der Waals surface area (Å²) >= 11 is 1.70. The van der Waals surface area contributed by atoms with E-state index in [1.54, 1.807) is 17.4 Å². The number of carbonyl (C=O) groups is 1. The molecule has 3 rings (SSSR count).